The van der Waals surface area contributed by atoms with E-state index in [4.69, 9.17) is 10.1 Å². The predicted octanol–water partition coefficient (Wildman–Crippen LogP) is 3.42. The van der Waals surface area contributed by atoms with Gasteiger partial charge in [-0.2, -0.15) is 0 Å². The molecule has 1 fully saturated rings. The molecule has 3 aromatic heterocycles. The van der Waals surface area contributed by atoms with E-state index in [9.17, 15) is 9.59 Å². The SMILES string of the molecule is O=C(O)NCCCNc1nc(-c2ccncc2)cn2c(-c3ccc(C(=O)NC4CC4)cc3)cnc12. The van der Waals surface area contributed by atoms with Gasteiger partial charge in [-0.3, -0.25) is 14.2 Å². The molecule has 4 N–H and O–H groups in total. The summed E-state index contributed by atoms with van der Waals surface area (Å²) in [6.45, 7) is 0.860. The van der Waals surface area contributed by atoms with Crippen molar-refractivity contribution >= 4 is 23.5 Å². The first-order valence-corrected chi connectivity index (χ1v) is 11.5. The van der Waals surface area contributed by atoms with Crippen LogP contribution in [0, 0.1) is 0 Å². The largest absolute Gasteiger partial charge is 0.465 e. The number of carboxylic acid groups (broad SMARTS) is 1. The first kappa shape index (κ1) is 22.3. The van der Waals surface area contributed by atoms with Gasteiger partial charge in [-0.15, -0.1) is 0 Å². The second kappa shape index (κ2) is 9.80. The topological polar surface area (TPSA) is 134 Å². The Labute approximate surface area is 201 Å². The second-order valence-electron chi connectivity index (χ2n) is 8.39. The van der Waals surface area contributed by atoms with Gasteiger partial charge in [0.2, 0.25) is 0 Å². The Morgan fingerprint density at radius 2 is 1.80 bits per heavy atom. The molecule has 4 aromatic rings. The summed E-state index contributed by atoms with van der Waals surface area (Å²) in [6, 6.07) is 11.6. The molecular formula is C25H25N7O3. The van der Waals surface area contributed by atoms with E-state index in [1.165, 1.54) is 0 Å². The standard InChI is InChI=1S/C25H25N7O3/c33-24(30-19-6-7-19)18-4-2-17(3-5-18)21-14-29-23-22(27-10-1-11-28-25(34)35)31-20(15-32(21)23)16-8-12-26-13-9-16/h2-5,8-9,12-15,19,28H,1,6-7,10-11H2,(H,27,31)(H,30,33)(H,34,35). The van der Waals surface area contributed by atoms with Crippen LogP contribution in [0.15, 0.2) is 61.2 Å². The molecule has 0 saturated heterocycles. The summed E-state index contributed by atoms with van der Waals surface area (Å²) in [6.07, 6.45) is 8.79. The molecule has 0 aliphatic heterocycles. The van der Waals surface area contributed by atoms with Gasteiger partial charge < -0.3 is 21.1 Å². The first-order valence-electron chi connectivity index (χ1n) is 11.5. The molecule has 0 bridgehead atoms. The third-order valence-corrected chi connectivity index (χ3v) is 5.75. The Balaban J connectivity index is 1.45. The predicted molar refractivity (Wildman–Crippen MR) is 131 cm³/mol. The molecule has 0 spiro atoms. The van der Waals surface area contributed by atoms with Crippen LogP contribution in [0.2, 0.25) is 0 Å². The van der Waals surface area contributed by atoms with E-state index in [1.807, 2.05) is 47.0 Å². The Morgan fingerprint density at radius 1 is 1.03 bits per heavy atom. The molecule has 5 rings (SSSR count). The number of rotatable bonds is 9. The van der Waals surface area contributed by atoms with E-state index in [0.717, 1.165) is 35.4 Å². The molecule has 1 saturated carbocycles. The molecule has 1 aliphatic rings. The Kier molecular flexibility index (Phi) is 6.25. The zero-order valence-electron chi connectivity index (χ0n) is 18.9. The maximum Gasteiger partial charge on any atom is 0.404 e. The van der Waals surface area contributed by atoms with Crippen LogP contribution in [0.25, 0.3) is 28.2 Å². The number of carbonyl (C=O) groups excluding carboxylic acids is 1. The summed E-state index contributed by atoms with van der Waals surface area (Å²) in [5.41, 5.74) is 4.71. The lowest BCUT2D eigenvalue weighted by molar-refractivity contribution is 0.0951. The summed E-state index contributed by atoms with van der Waals surface area (Å²) >= 11 is 0. The van der Waals surface area contributed by atoms with E-state index < -0.39 is 6.09 Å². The molecular weight excluding hydrogens is 446 g/mol. The number of nitrogens with zero attached hydrogens (tertiary/aromatic N) is 4. The van der Waals surface area contributed by atoms with Gasteiger partial charge >= 0.3 is 6.09 Å². The number of amides is 2. The highest BCUT2D eigenvalue weighted by Crippen LogP contribution is 2.28. The van der Waals surface area contributed by atoms with Gasteiger partial charge in [0.25, 0.3) is 5.91 Å². The highest BCUT2D eigenvalue weighted by Gasteiger charge is 2.23. The minimum atomic E-state index is -1.04. The van der Waals surface area contributed by atoms with Crippen molar-refractivity contribution in [1.82, 2.24) is 30.0 Å². The minimum Gasteiger partial charge on any atom is -0.465 e. The monoisotopic (exact) mass is 471 g/mol. The quantitative estimate of drug-likeness (QED) is 0.275. The summed E-state index contributed by atoms with van der Waals surface area (Å²) in [5.74, 6) is 0.548. The first-order chi connectivity index (χ1) is 17.1. The fourth-order valence-corrected chi connectivity index (χ4v) is 3.76. The molecule has 0 radical (unpaired) electrons. The van der Waals surface area contributed by atoms with Crippen molar-refractivity contribution in [2.45, 2.75) is 25.3 Å². The van der Waals surface area contributed by atoms with Crippen molar-refractivity contribution < 1.29 is 14.7 Å². The van der Waals surface area contributed by atoms with E-state index >= 15 is 0 Å². The molecule has 0 atom stereocenters. The lowest BCUT2D eigenvalue weighted by Crippen LogP contribution is -2.25. The van der Waals surface area contributed by atoms with Crippen molar-refractivity contribution in [3.63, 3.8) is 0 Å². The second-order valence-corrected chi connectivity index (χ2v) is 8.39. The highest BCUT2D eigenvalue weighted by molar-refractivity contribution is 5.95. The molecule has 0 unspecified atom stereocenters. The van der Waals surface area contributed by atoms with Crippen LogP contribution >= 0.6 is 0 Å². The number of nitrogens with one attached hydrogen (secondary N) is 3. The lowest BCUT2D eigenvalue weighted by Gasteiger charge is -2.11. The zero-order valence-corrected chi connectivity index (χ0v) is 18.9. The number of carbonyl (C=O) groups is 2. The lowest BCUT2D eigenvalue weighted by atomic mass is 10.1. The van der Waals surface area contributed by atoms with E-state index in [1.54, 1.807) is 18.6 Å². The smallest absolute Gasteiger partial charge is 0.404 e. The third kappa shape index (κ3) is 5.21. The molecule has 10 heteroatoms. The fraction of sp³-hybridized carbons (Fsp3) is 0.240. The van der Waals surface area contributed by atoms with Gasteiger partial charge in [0, 0.05) is 54.4 Å². The summed E-state index contributed by atoms with van der Waals surface area (Å²) < 4.78 is 1.97. The highest BCUT2D eigenvalue weighted by atomic mass is 16.4. The van der Waals surface area contributed by atoms with Crippen LogP contribution < -0.4 is 16.0 Å². The van der Waals surface area contributed by atoms with Crippen molar-refractivity contribution in [1.29, 1.82) is 0 Å². The number of fused-ring (bicyclic) bond motifs is 1. The average Bonchev–Trinajstić information content (AvgIpc) is 3.59. The van der Waals surface area contributed by atoms with Gasteiger partial charge in [0.1, 0.15) is 0 Å². The Morgan fingerprint density at radius 3 is 2.51 bits per heavy atom. The van der Waals surface area contributed by atoms with Gasteiger partial charge in [-0.25, -0.2) is 14.8 Å². The minimum absolute atomic E-state index is 0.0507. The van der Waals surface area contributed by atoms with Crippen molar-refractivity contribution in [3.05, 3.63) is 66.7 Å². The zero-order chi connectivity index (χ0) is 24.2. The molecule has 10 nitrogen and oxygen atoms in total. The van der Waals surface area contributed by atoms with E-state index in [0.29, 0.717) is 42.6 Å². The summed E-state index contributed by atoms with van der Waals surface area (Å²) in [5, 5.41) is 17.4. The number of anilines is 1. The number of hydrogen-bond acceptors (Lipinski definition) is 6. The van der Waals surface area contributed by atoms with Crippen LogP contribution in [0.3, 0.4) is 0 Å². The number of aromatic nitrogens is 4. The molecule has 35 heavy (non-hydrogen) atoms. The molecule has 1 aliphatic carbocycles. The van der Waals surface area contributed by atoms with Crippen molar-refractivity contribution in [3.8, 4) is 22.5 Å². The maximum absolute atomic E-state index is 12.3. The molecule has 3 heterocycles. The van der Waals surface area contributed by atoms with E-state index in [2.05, 4.69) is 25.9 Å². The number of benzene rings is 1. The Bertz CT molecular complexity index is 1350. The van der Waals surface area contributed by atoms with Gasteiger partial charge in [-0.1, -0.05) is 12.1 Å². The molecule has 178 valence electrons. The van der Waals surface area contributed by atoms with Gasteiger partial charge in [0.05, 0.1) is 17.6 Å². The van der Waals surface area contributed by atoms with E-state index in [-0.39, 0.29) is 5.91 Å². The van der Waals surface area contributed by atoms with Crippen molar-refractivity contribution in [2.75, 3.05) is 18.4 Å². The fourth-order valence-electron chi connectivity index (χ4n) is 3.76. The van der Waals surface area contributed by atoms with Crippen LogP contribution in [0.4, 0.5) is 10.6 Å². The van der Waals surface area contributed by atoms with Crippen molar-refractivity contribution in [2.24, 2.45) is 0 Å². The maximum atomic E-state index is 12.3. The number of imidazole rings is 1. The number of pyridine rings is 1. The van der Waals surface area contributed by atoms with Gasteiger partial charge in [-0.05, 0) is 43.5 Å². The molecule has 1 aromatic carbocycles. The van der Waals surface area contributed by atoms with Gasteiger partial charge in [0.15, 0.2) is 11.5 Å². The molecule has 2 amide bonds. The van der Waals surface area contributed by atoms with Crippen LogP contribution in [0.5, 0.6) is 0 Å². The van der Waals surface area contributed by atoms with Crippen LogP contribution in [-0.2, 0) is 0 Å². The normalized spacial score (nSPS) is 12.9. The summed E-state index contributed by atoms with van der Waals surface area (Å²) in [7, 11) is 0. The van der Waals surface area contributed by atoms with Crippen LogP contribution in [-0.4, -0.2) is 55.6 Å². The Hall–Kier alpha value is -4.47. The average molecular weight is 472 g/mol. The number of hydrogen-bond donors (Lipinski definition) is 4. The third-order valence-electron chi connectivity index (χ3n) is 5.75. The summed E-state index contributed by atoms with van der Waals surface area (Å²) in [4.78, 5) is 36.5. The van der Waals surface area contributed by atoms with Crippen LogP contribution in [0.1, 0.15) is 29.6 Å².